The first-order chi connectivity index (χ1) is 8.43. The molecule has 0 saturated heterocycles. The number of aryl methyl sites for hydroxylation is 1. The Balaban J connectivity index is 2.88. The van der Waals surface area contributed by atoms with Crippen LogP contribution in [0, 0.1) is 16.0 Å². The van der Waals surface area contributed by atoms with Crippen molar-refractivity contribution in [3.05, 3.63) is 33.9 Å². The van der Waals surface area contributed by atoms with Crippen LogP contribution in [-0.4, -0.2) is 10.8 Å². The van der Waals surface area contributed by atoms with E-state index in [0.717, 1.165) is 0 Å². The molecule has 0 unspecified atom stereocenters. The van der Waals surface area contributed by atoms with Crippen LogP contribution >= 0.6 is 0 Å². The lowest BCUT2D eigenvalue weighted by atomic mass is 10.1. The van der Waals surface area contributed by atoms with Crippen LogP contribution in [0.5, 0.6) is 0 Å². The molecule has 1 aromatic carbocycles. The van der Waals surface area contributed by atoms with Gasteiger partial charge in [0.1, 0.15) is 0 Å². The molecule has 0 aliphatic heterocycles. The standard InChI is InChI=1S/C13H18N2O3/c1-4-10-5-6-11(8-12(10)15(17)18)14-13(16)7-9(2)3/h5-6,8-9H,4,7H2,1-3H3,(H,14,16). The molecular formula is C13H18N2O3. The summed E-state index contributed by atoms with van der Waals surface area (Å²) in [5.74, 6) is 0.137. The quantitative estimate of drug-likeness (QED) is 0.644. The van der Waals surface area contributed by atoms with E-state index >= 15 is 0 Å². The molecule has 0 aliphatic carbocycles. The minimum absolute atomic E-state index is 0.0554. The van der Waals surface area contributed by atoms with Crippen LogP contribution in [0.3, 0.4) is 0 Å². The Bertz CT molecular complexity index is 456. The molecular weight excluding hydrogens is 232 g/mol. The lowest BCUT2D eigenvalue weighted by molar-refractivity contribution is -0.385. The van der Waals surface area contributed by atoms with Crippen molar-refractivity contribution in [1.29, 1.82) is 0 Å². The van der Waals surface area contributed by atoms with Gasteiger partial charge < -0.3 is 5.32 Å². The van der Waals surface area contributed by atoms with E-state index in [1.807, 2.05) is 20.8 Å². The number of hydrogen-bond acceptors (Lipinski definition) is 3. The van der Waals surface area contributed by atoms with Gasteiger partial charge in [0.2, 0.25) is 5.91 Å². The van der Waals surface area contributed by atoms with E-state index < -0.39 is 4.92 Å². The number of carbonyl (C=O) groups is 1. The average molecular weight is 250 g/mol. The topological polar surface area (TPSA) is 72.2 Å². The molecule has 1 N–H and O–H groups in total. The lowest BCUT2D eigenvalue weighted by Gasteiger charge is -2.08. The van der Waals surface area contributed by atoms with Gasteiger partial charge in [-0.25, -0.2) is 0 Å². The van der Waals surface area contributed by atoms with Crippen molar-refractivity contribution in [2.24, 2.45) is 5.92 Å². The highest BCUT2D eigenvalue weighted by Crippen LogP contribution is 2.23. The van der Waals surface area contributed by atoms with Gasteiger partial charge in [0.15, 0.2) is 0 Å². The van der Waals surface area contributed by atoms with Crippen molar-refractivity contribution in [2.75, 3.05) is 5.32 Å². The summed E-state index contributed by atoms with van der Waals surface area (Å²) in [6.07, 6.45) is 1.000. The maximum atomic E-state index is 11.6. The monoisotopic (exact) mass is 250 g/mol. The maximum absolute atomic E-state index is 11.6. The summed E-state index contributed by atoms with van der Waals surface area (Å²) >= 11 is 0. The number of nitrogens with zero attached hydrogens (tertiary/aromatic N) is 1. The van der Waals surface area contributed by atoms with Gasteiger partial charge in [-0.1, -0.05) is 26.8 Å². The molecule has 98 valence electrons. The Morgan fingerprint density at radius 3 is 2.61 bits per heavy atom. The van der Waals surface area contributed by atoms with E-state index in [2.05, 4.69) is 5.32 Å². The van der Waals surface area contributed by atoms with Crippen LogP contribution in [0.1, 0.15) is 32.8 Å². The third kappa shape index (κ3) is 3.84. The molecule has 1 amide bonds. The second-order valence-corrected chi connectivity index (χ2v) is 4.60. The molecule has 0 bridgehead atoms. The third-order valence-corrected chi connectivity index (χ3v) is 2.54. The Kier molecular flexibility index (Phi) is 4.83. The molecule has 5 nitrogen and oxygen atoms in total. The summed E-state index contributed by atoms with van der Waals surface area (Å²) in [5.41, 5.74) is 1.20. The number of rotatable bonds is 5. The molecule has 5 heteroatoms. The molecule has 0 radical (unpaired) electrons. The third-order valence-electron chi connectivity index (χ3n) is 2.54. The maximum Gasteiger partial charge on any atom is 0.274 e. The SMILES string of the molecule is CCc1ccc(NC(=O)CC(C)C)cc1[N+](=O)[O-]. The fourth-order valence-electron chi connectivity index (χ4n) is 1.69. The van der Waals surface area contributed by atoms with Crippen LogP contribution in [0.25, 0.3) is 0 Å². The molecule has 0 heterocycles. The van der Waals surface area contributed by atoms with Crippen molar-refractivity contribution < 1.29 is 9.72 Å². The number of anilines is 1. The highest BCUT2D eigenvalue weighted by molar-refractivity contribution is 5.91. The molecule has 0 atom stereocenters. The largest absolute Gasteiger partial charge is 0.326 e. The second kappa shape index (κ2) is 6.14. The summed E-state index contributed by atoms with van der Waals surface area (Å²) in [6, 6.07) is 4.80. The number of hydrogen-bond donors (Lipinski definition) is 1. The molecule has 0 saturated carbocycles. The zero-order chi connectivity index (χ0) is 13.7. The average Bonchev–Trinajstić information content (AvgIpc) is 2.27. The number of nitro benzene ring substituents is 1. The van der Waals surface area contributed by atoms with Crippen LogP contribution < -0.4 is 5.32 Å². The van der Waals surface area contributed by atoms with E-state index in [1.165, 1.54) is 6.07 Å². The molecule has 0 aromatic heterocycles. The first-order valence-corrected chi connectivity index (χ1v) is 6.01. The summed E-state index contributed by atoms with van der Waals surface area (Å²) in [5, 5.41) is 13.6. The molecule has 1 rings (SSSR count). The van der Waals surface area contributed by atoms with Gasteiger partial charge in [-0.2, -0.15) is 0 Å². The van der Waals surface area contributed by atoms with E-state index in [4.69, 9.17) is 0 Å². The van der Waals surface area contributed by atoms with Crippen molar-refractivity contribution in [1.82, 2.24) is 0 Å². The Morgan fingerprint density at radius 2 is 2.11 bits per heavy atom. The fraction of sp³-hybridized carbons (Fsp3) is 0.462. The zero-order valence-corrected chi connectivity index (χ0v) is 10.9. The molecule has 1 aromatic rings. The Labute approximate surface area is 106 Å². The molecule has 0 spiro atoms. The normalized spacial score (nSPS) is 10.4. The van der Waals surface area contributed by atoms with Crippen molar-refractivity contribution in [3.8, 4) is 0 Å². The zero-order valence-electron chi connectivity index (χ0n) is 10.9. The van der Waals surface area contributed by atoms with Gasteiger partial charge in [-0.05, 0) is 18.4 Å². The van der Waals surface area contributed by atoms with E-state index in [0.29, 0.717) is 24.1 Å². The molecule has 0 fully saturated rings. The van der Waals surface area contributed by atoms with Crippen LogP contribution in [0.2, 0.25) is 0 Å². The van der Waals surface area contributed by atoms with E-state index in [-0.39, 0.29) is 17.5 Å². The minimum Gasteiger partial charge on any atom is -0.326 e. The summed E-state index contributed by atoms with van der Waals surface area (Å²) < 4.78 is 0. The van der Waals surface area contributed by atoms with Crippen LogP contribution in [0.4, 0.5) is 11.4 Å². The van der Waals surface area contributed by atoms with Gasteiger partial charge in [-0.3, -0.25) is 14.9 Å². The van der Waals surface area contributed by atoms with E-state index in [1.54, 1.807) is 12.1 Å². The predicted octanol–water partition coefficient (Wildman–Crippen LogP) is 3.14. The van der Waals surface area contributed by atoms with Gasteiger partial charge in [0.05, 0.1) is 4.92 Å². The minimum atomic E-state index is -0.420. The summed E-state index contributed by atoms with van der Waals surface area (Å²) in [7, 11) is 0. The number of nitrogens with one attached hydrogen (secondary N) is 1. The predicted molar refractivity (Wildman–Crippen MR) is 70.6 cm³/mol. The number of carbonyl (C=O) groups excluding carboxylic acids is 1. The smallest absolute Gasteiger partial charge is 0.274 e. The van der Waals surface area contributed by atoms with Gasteiger partial charge in [0.25, 0.3) is 5.69 Å². The Hall–Kier alpha value is -1.91. The number of nitro groups is 1. The Morgan fingerprint density at radius 1 is 1.44 bits per heavy atom. The summed E-state index contributed by atoms with van der Waals surface area (Å²) in [4.78, 5) is 22.0. The van der Waals surface area contributed by atoms with Crippen LogP contribution in [-0.2, 0) is 11.2 Å². The van der Waals surface area contributed by atoms with Gasteiger partial charge >= 0.3 is 0 Å². The first-order valence-electron chi connectivity index (χ1n) is 6.01. The van der Waals surface area contributed by atoms with Gasteiger partial charge in [0, 0.05) is 23.7 Å². The summed E-state index contributed by atoms with van der Waals surface area (Å²) in [6.45, 7) is 5.75. The van der Waals surface area contributed by atoms with Crippen molar-refractivity contribution in [2.45, 2.75) is 33.6 Å². The van der Waals surface area contributed by atoms with Crippen molar-refractivity contribution in [3.63, 3.8) is 0 Å². The fourth-order valence-corrected chi connectivity index (χ4v) is 1.69. The highest BCUT2D eigenvalue weighted by atomic mass is 16.6. The molecule has 0 aliphatic rings. The van der Waals surface area contributed by atoms with Gasteiger partial charge in [-0.15, -0.1) is 0 Å². The highest BCUT2D eigenvalue weighted by Gasteiger charge is 2.14. The van der Waals surface area contributed by atoms with Crippen LogP contribution in [0.15, 0.2) is 18.2 Å². The molecule has 18 heavy (non-hydrogen) atoms. The van der Waals surface area contributed by atoms with E-state index in [9.17, 15) is 14.9 Å². The number of benzene rings is 1. The number of amides is 1. The lowest BCUT2D eigenvalue weighted by Crippen LogP contribution is -2.14. The first kappa shape index (κ1) is 14.2. The second-order valence-electron chi connectivity index (χ2n) is 4.60. The van der Waals surface area contributed by atoms with Crippen molar-refractivity contribution >= 4 is 17.3 Å².